The van der Waals surface area contributed by atoms with Gasteiger partial charge in [-0.2, -0.15) is 0 Å². The summed E-state index contributed by atoms with van der Waals surface area (Å²) in [7, 11) is 1.40. The molecule has 102 valence electrons. The Morgan fingerprint density at radius 3 is 2.55 bits per heavy atom. The van der Waals surface area contributed by atoms with Crippen LogP contribution in [0.5, 0.6) is 0 Å². The fourth-order valence-corrected chi connectivity index (χ4v) is 1.93. The zero-order valence-corrected chi connectivity index (χ0v) is 11.5. The van der Waals surface area contributed by atoms with E-state index in [1.54, 1.807) is 12.3 Å². The SMILES string of the molecule is COC(=O)/C(=C/c1ccccn1)CCc1ccccc1. The second-order valence-electron chi connectivity index (χ2n) is 4.40. The standard InChI is InChI=1S/C17H17NO2/c1-20-17(19)15(13-16-9-5-6-12-18-16)11-10-14-7-3-2-4-8-14/h2-9,12-13H,10-11H2,1H3/b15-13+. The van der Waals surface area contributed by atoms with Crippen LogP contribution in [0.15, 0.2) is 60.3 Å². The third-order valence-corrected chi connectivity index (χ3v) is 2.98. The molecule has 0 spiro atoms. The molecule has 0 fully saturated rings. The molecule has 0 aliphatic rings. The topological polar surface area (TPSA) is 39.2 Å². The molecule has 0 amide bonds. The van der Waals surface area contributed by atoms with Gasteiger partial charge in [0, 0.05) is 11.8 Å². The Morgan fingerprint density at radius 1 is 1.15 bits per heavy atom. The maximum Gasteiger partial charge on any atom is 0.333 e. The van der Waals surface area contributed by atoms with E-state index in [-0.39, 0.29) is 5.97 Å². The summed E-state index contributed by atoms with van der Waals surface area (Å²) >= 11 is 0. The molecule has 0 N–H and O–H groups in total. The predicted molar refractivity (Wildman–Crippen MR) is 79.0 cm³/mol. The van der Waals surface area contributed by atoms with Crippen LogP contribution in [0, 0.1) is 0 Å². The highest BCUT2D eigenvalue weighted by Crippen LogP contribution is 2.13. The van der Waals surface area contributed by atoms with Gasteiger partial charge in [-0.05, 0) is 36.6 Å². The maximum atomic E-state index is 11.8. The first kappa shape index (κ1) is 14.0. The second-order valence-corrected chi connectivity index (χ2v) is 4.40. The lowest BCUT2D eigenvalue weighted by atomic mass is 10.0. The number of carbonyl (C=O) groups excluding carboxylic acids is 1. The van der Waals surface area contributed by atoms with Gasteiger partial charge in [0.25, 0.3) is 0 Å². The number of pyridine rings is 1. The molecular formula is C17H17NO2. The van der Waals surface area contributed by atoms with Crippen molar-refractivity contribution in [2.45, 2.75) is 12.8 Å². The van der Waals surface area contributed by atoms with E-state index in [4.69, 9.17) is 4.74 Å². The fraction of sp³-hybridized carbons (Fsp3) is 0.176. The van der Waals surface area contributed by atoms with Crippen molar-refractivity contribution in [1.82, 2.24) is 4.98 Å². The molecule has 0 aliphatic carbocycles. The molecule has 0 bridgehead atoms. The summed E-state index contributed by atoms with van der Waals surface area (Å²) < 4.78 is 4.84. The number of nitrogens with zero attached hydrogens (tertiary/aromatic N) is 1. The zero-order valence-electron chi connectivity index (χ0n) is 11.5. The van der Waals surface area contributed by atoms with Gasteiger partial charge in [-0.25, -0.2) is 4.79 Å². The smallest absolute Gasteiger partial charge is 0.333 e. The van der Waals surface area contributed by atoms with Crippen LogP contribution in [0.1, 0.15) is 17.7 Å². The van der Waals surface area contributed by atoms with Gasteiger partial charge in [0.15, 0.2) is 0 Å². The molecular weight excluding hydrogens is 250 g/mol. The van der Waals surface area contributed by atoms with Crippen LogP contribution in [-0.2, 0) is 16.0 Å². The second kappa shape index (κ2) is 7.24. The highest BCUT2D eigenvalue weighted by atomic mass is 16.5. The summed E-state index contributed by atoms with van der Waals surface area (Å²) in [4.78, 5) is 16.0. The minimum absolute atomic E-state index is 0.299. The molecule has 2 rings (SSSR count). The molecule has 1 aromatic carbocycles. The first-order chi connectivity index (χ1) is 9.79. The quantitative estimate of drug-likeness (QED) is 0.616. The minimum Gasteiger partial charge on any atom is -0.466 e. The number of aryl methyl sites for hydroxylation is 1. The van der Waals surface area contributed by atoms with Crippen LogP contribution in [0.2, 0.25) is 0 Å². The van der Waals surface area contributed by atoms with Gasteiger partial charge < -0.3 is 4.74 Å². The molecule has 3 heteroatoms. The van der Waals surface area contributed by atoms with E-state index >= 15 is 0 Å². The molecule has 0 atom stereocenters. The van der Waals surface area contributed by atoms with Crippen LogP contribution >= 0.6 is 0 Å². The van der Waals surface area contributed by atoms with Crippen LogP contribution in [0.25, 0.3) is 6.08 Å². The van der Waals surface area contributed by atoms with E-state index < -0.39 is 0 Å². The zero-order chi connectivity index (χ0) is 14.2. The summed E-state index contributed by atoms with van der Waals surface area (Å²) in [6, 6.07) is 15.7. The van der Waals surface area contributed by atoms with Gasteiger partial charge >= 0.3 is 5.97 Å². The lowest BCUT2D eigenvalue weighted by Gasteiger charge is -2.06. The summed E-state index contributed by atoms with van der Waals surface area (Å²) in [6.07, 6.45) is 4.93. The Kier molecular flexibility index (Phi) is 5.07. The largest absolute Gasteiger partial charge is 0.466 e. The van der Waals surface area contributed by atoms with Crippen molar-refractivity contribution in [3.05, 3.63) is 71.6 Å². The van der Waals surface area contributed by atoms with Gasteiger partial charge in [-0.3, -0.25) is 4.98 Å². The molecule has 0 saturated carbocycles. The van der Waals surface area contributed by atoms with E-state index in [0.29, 0.717) is 12.0 Å². The van der Waals surface area contributed by atoms with Gasteiger partial charge in [0.05, 0.1) is 12.8 Å². The number of ether oxygens (including phenoxy) is 1. The van der Waals surface area contributed by atoms with E-state index in [1.165, 1.54) is 12.7 Å². The van der Waals surface area contributed by atoms with Gasteiger partial charge in [-0.1, -0.05) is 36.4 Å². The molecule has 20 heavy (non-hydrogen) atoms. The first-order valence-electron chi connectivity index (χ1n) is 6.53. The molecule has 0 saturated heterocycles. The molecule has 0 radical (unpaired) electrons. The predicted octanol–water partition coefficient (Wildman–Crippen LogP) is 3.27. The normalized spacial score (nSPS) is 11.2. The average molecular weight is 267 g/mol. The lowest BCUT2D eigenvalue weighted by molar-refractivity contribution is -0.136. The maximum absolute atomic E-state index is 11.8. The fourth-order valence-electron chi connectivity index (χ4n) is 1.93. The Hall–Kier alpha value is -2.42. The van der Waals surface area contributed by atoms with Crippen molar-refractivity contribution >= 4 is 12.0 Å². The molecule has 0 aliphatic heterocycles. The number of methoxy groups -OCH3 is 1. The summed E-state index contributed by atoms with van der Waals surface area (Å²) in [5.74, 6) is -0.299. The number of benzene rings is 1. The summed E-state index contributed by atoms with van der Waals surface area (Å²) in [5.41, 5.74) is 2.60. The average Bonchev–Trinajstić information content (AvgIpc) is 2.52. The summed E-state index contributed by atoms with van der Waals surface area (Å²) in [5, 5.41) is 0. The Labute approximate surface area is 118 Å². The molecule has 3 nitrogen and oxygen atoms in total. The first-order valence-corrected chi connectivity index (χ1v) is 6.53. The Balaban J connectivity index is 2.12. The monoisotopic (exact) mass is 267 g/mol. The molecule has 0 unspecified atom stereocenters. The van der Waals surface area contributed by atoms with E-state index in [0.717, 1.165) is 12.1 Å². The van der Waals surface area contributed by atoms with Crippen molar-refractivity contribution in [2.75, 3.05) is 7.11 Å². The third-order valence-electron chi connectivity index (χ3n) is 2.98. The number of carbonyl (C=O) groups is 1. The Bertz CT molecular complexity index is 576. The van der Waals surface area contributed by atoms with Crippen LogP contribution in [0.3, 0.4) is 0 Å². The van der Waals surface area contributed by atoms with E-state index in [9.17, 15) is 4.79 Å². The number of esters is 1. The number of rotatable bonds is 5. The van der Waals surface area contributed by atoms with Crippen LogP contribution in [0.4, 0.5) is 0 Å². The van der Waals surface area contributed by atoms with Gasteiger partial charge in [0.2, 0.25) is 0 Å². The molecule has 2 aromatic rings. The highest BCUT2D eigenvalue weighted by molar-refractivity contribution is 5.93. The van der Waals surface area contributed by atoms with Crippen molar-refractivity contribution < 1.29 is 9.53 Å². The minimum atomic E-state index is -0.299. The van der Waals surface area contributed by atoms with E-state index in [1.807, 2.05) is 36.4 Å². The lowest BCUT2D eigenvalue weighted by Crippen LogP contribution is -2.06. The number of hydrogen-bond acceptors (Lipinski definition) is 3. The number of aromatic nitrogens is 1. The van der Waals surface area contributed by atoms with Crippen LogP contribution < -0.4 is 0 Å². The Morgan fingerprint density at radius 2 is 1.90 bits per heavy atom. The third kappa shape index (κ3) is 4.05. The summed E-state index contributed by atoms with van der Waals surface area (Å²) in [6.45, 7) is 0. The van der Waals surface area contributed by atoms with E-state index in [2.05, 4.69) is 17.1 Å². The van der Waals surface area contributed by atoms with Crippen molar-refractivity contribution in [3.8, 4) is 0 Å². The number of hydrogen-bond donors (Lipinski definition) is 0. The van der Waals surface area contributed by atoms with Gasteiger partial charge in [-0.15, -0.1) is 0 Å². The molecule has 1 aromatic heterocycles. The highest BCUT2D eigenvalue weighted by Gasteiger charge is 2.10. The van der Waals surface area contributed by atoms with Crippen molar-refractivity contribution in [2.24, 2.45) is 0 Å². The van der Waals surface area contributed by atoms with Gasteiger partial charge in [0.1, 0.15) is 0 Å². The van der Waals surface area contributed by atoms with Crippen molar-refractivity contribution in [1.29, 1.82) is 0 Å². The van der Waals surface area contributed by atoms with Crippen LogP contribution in [-0.4, -0.2) is 18.1 Å². The molecule has 1 heterocycles. The van der Waals surface area contributed by atoms with Crippen molar-refractivity contribution in [3.63, 3.8) is 0 Å².